The van der Waals surface area contributed by atoms with Crippen molar-refractivity contribution in [2.75, 3.05) is 0 Å². The van der Waals surface area contributed by atoms with Crippen molar-refractivity contribution in [1.29, 1.82) is 0 Å². The van der Waals surface area contributed by atoms with Gasteiger partial charge in [-0.1, -0.05) is 19.4 Å². The van der Waals surface area contributed by atoms with Gasteiger partial charge in [0.1, 0.15) is 0 Å². The Bertz CT molecular complexity index is 279. The van der Waals surface area contributed by atoms with Crippen molar-refractivity contribution in [2.45, 2.75) is 52.2 Å². The molecule has 0 aromatic heterocycles. The molecule has 3 heteroatoms. The summed E-state index contributed by atoms with van der Waals surface area (Å²) in [6.07, 6.45) is 3.23. The zero-order valence-corrected chi connectivity index (χ0v) is 10.0. The van der Waals surface area contributed by atoms with Crippen LogP contribution in [0.2, 0.25) is 0 Å². The lowest BCUT2D eigenvalue weighted by molar-refractivity contribution is 0.564. The molecule has 0 saturated carbocycles. The summed E-state index contributed by atoms with van der Waals surface area (Å²) in [5.41, 5.74) is 0. The minimum atomic E-state index is -3.09. The van der Waals surface area contributed by atoms with Crippen LogP contribution in [0.3, 0.4) is 0 Å². The molecule has 0 saturated heterocycles. The zero-order chi connectivity index (χ0) is 10.7. The van der Waals surface area contributed by atoms with Crippen molar-refractivity contribution in [2.24, 2.45) is 0 Å². The first-order chi connectivity index (χ1) is 5.77. The highest BCUT2D eigenvalue weighted by atomic mass is 32.2. The number of hydrogen-bond acceptors (Lipinski definition) is 2. The average molecular weight is 204 g/mol. The summed E-state index contributed by atoms with van der Waals surface area (Å²) in [7, 11) is -3.09. The van der Waals surface area contributed by atoms with Gasteiger partial charge < -0.3 is 0 Å². The Labute approximate surface area is 82.0 Å². The maximum atomic E-state index is 11.9. The highest BCUT2D eigenvalue weighted by Gasteiger charge is 2.31. The molecule has 0 N–H and O–H groups in total. The molecular weight excluding hydrogens is 184 g/mol. The lowest BCUT2D eigenvalue weighted by atomic mass is 10.3. The van der Waals surface area contributed by atoms with Crippen molar-refractivity contribution in [3.05, 3.63) is 11.0 Å². The van der Waals surface area contributed by atoms with E-state index in [1.165, 1.54) is 0 Å². The molecule has 0 aliphatic carbocycles. The predicted octanol–water partition coefficient (Wildman–Crippen LogP) is 2.90. The van der Waals surface area contributed by atoms with Crippen molar-refractivity contribution < 1.29 is 8.42 Å². The first kappa shape index (κ1) is 12.7. The van der Waals surface area contributed by atoms with Gasteiger partial charge in [0, 0.05) is 4.91 Å². The summed E-state index contributed by atoms with van der Waals surface area (Å²) < 4.78 is 23.1. The van der Waals surface area contributed by atoms with E-state index in [2.05, 4.69) is 0 Å². The van der Waals surface area contributed by atoms with Gasteiger partial charge in [-0.25, -0.2) is 8.42 Å². The summed E-state index contributed by atoms with van der Waals surface area (Å²) in [6.45, 7) is 8.99. The van der Waals surface area contributed by atoms with E-state index in [4.69, 9.17) is 0 Å². The van der Waals surface area contributed by atoms with Crippen molar-refractivity contribution >= 4 is 9.84 Å². The minimum absolute atomic E-state index is 0.572. The van der Waals surface area contributed by atoms with E-state index in [0.717, 1.165) is 6.42 Å². The molecule has 0 aromatic carbocycles. The SMILES string of the molecule is C/C=C(\CCC)S(=O)(=O)C(C)(C)C. The Hall–Kier alpha value is -0.310. The lowest BCUT2D eigenvalue weighted by Gasteiger charge is -2.21. The molecule has 0 heterocycles. The molecule has 78 valence electrons. The normalized spacial score (nSPS) is 14.7. The maximum absolute atomic E-state index is 11.9. The summed E-state index contributed by atoms with van der Waals surface area (Å²) in [5, 5.41) is 0. The maximum Gasteiger partial charge on any atom is 0.179 e. The van der Waals surface area contributed by atoms with Crippen LogP contribution in [-0.4, -0.2) is 13.2 Å². The molecule has 13 heavy (non-hydrogen) atoms. The summed E-state index contributed by atoms with van der Waals surface area (Å²) in [6, 6.07) is 0. The van der Waals surface area contributed by atoms with Crippen LogP contribution in [0.4, 0.5) is 0 Å². The van der Waals surface area contributed by atoms with Crippen LogP contribution in [-0.2, 0) is 9.84 Å². The Morgan fingerprint density at radius 1 is 1.31 bits per heavy atom. The van der Waals surface area contributed by atoms with E-state index < -0.39 is 14.6 Å². The third-order valence-electron chi connectivity index (χ3n) is 1.97. The molecule has 0 amide bonds. The molecule has 2 nitrogen and oxygen atoms in total. The number of rotatable bonds is 3. The van der Waals surface area contributed by atoms with Gasteiger partial charge in [0.2, 0.25) is 0 Å². The highest BCUT2D eigenvalue weighted by molar-refractivity contribution is 7.96. The molecule has 0 spiro atoms. The molecular formula is C10H20O2S. The van der Waals surface area contributed by atoms with Crippen LogP contribution in [0.15, 0.2) is 11.0 Å². The van der Waals surface area contributed by atoms with Crippen LogP contribution in [0.25, 0.3) is 0 Å². The van der Waals surface area contributed by atoms with E-state index in [-0.39, 0.29) is 0 Å². The summed E-state index contributed by atoms with van der Waals surface area (Å²) in [5.74, 6) is 0. The van der Waals surface area contributed by atoms with Crippen molar-refractivity contribution in [3.8, 4) is 0 Å². The molecule has 0 radical (unpaired) electrons. The van der Waals surface area contributed by atoms with E-state index in [1.54, 1.807) is 33.8 Å². The van der Waals surface area contributed by atoms with Crippen molar-refractivity contribution in [1.82, 2.24) is 0 Å². The number of sulfone groups is 1. The van der Waals surface area contributed by atoms with Gasteiger partial charge in [0.15, 0.2) is 9.84 Å². The van der Waals surface area contributed by atoms with Crippen LogP contribution >= 0.6 is 0 Å². The van der Waals surface area contributed by atoms with Crippen molar-refractivity contribution in [3.63, 3.8) is 0 Å². The van der Waals surface area contributed by atoms with Gasteiger partial charge in [-0.05, 0) is 34.1 Å². The van der Waals surface area contributed by atoms with E-state index in [1.807, 2.05) is 6.92 Å². The summed E-state index contributed by atoms with van der Waals surface area (Å²) >= 11 is 0. The monoisotopic (exact) mass is 204 g/mol. The number of allylic oxidation sites excluding steroid dienone is 2. The first-order valence-corrected chi connectivity index (χ1v) is 6.15. The fourth-order valence-electron chi connectivity index (χ4n) is 1.07. The van der Waals surface area contributed by atoms with E-state index in [9.17, 15) is 8.42 Å². The molecule has 0 aliphatic rings. The predicted molar refractivity (Wildman–Crippen MR) is 57.3 cm³/mol. The fourth-order valence-corrected chi connectivity index (χ4v) is 2.64. The van der Waals surface area contributed by atoms with Crippen LogP contribution in [0.1, 0.15) is 47.5 Å². The van der Waals surface area contributed by atoms with Crippen LogP contribution in [0, 0.1) is 0 Å². The second kappa shape index (κ2) is 4.27. The highest BCUT2D eigenvalue weighted by Crippen LogP contribution is 2.26. The van der Waals surface area contributed by atoms with Gasteiger partial charge >= 0.3 is 0 Å². The Kier molecular flexibility index (Phi) is 4.17. The third kappa shape index (κ3) is 2.83. The van der Waals surface area contributed by atoms with Gasteiger partial charge in [-0.2, -0.15) is 0 Å². The van der Waals surface area contributed by atoms with E-state index >= 15 is 0 Å². The quantitative estimate of drug-likeness (QED) is 0.708. The average Bonchev–Trinajstić information content (AvgIpc) is 1.97. The van der Waals surface area contributed by atoms with Gasteiger partial charge in [0.25, 0.3) is 0 Å². The molecule has 0 unspecified atom stereocenters. The second-order valence-corrected chi connectivity index (χ2v) is 6.88. The Morgan fingerprint density at radius 2 is 1.77 bits per heavy atom. The molecule has 0 fully saturated rings. The second-order valence-electron chi connectivity index (χ2n) is 4.12. The molecule has 0 aliphatic heterocycles. The minimum Gasteiger partial charge on any atom is -0.223 e. The first-order valence-electron chi connectivity index (χ1n) is 4.67. The van der Waals surface area contributed by atoms with Gasteiger partial charge in [0.05, 0.1) is 4.75 Å². The molecule has 0 rings (SSSR count). The lowest BCUT2D eigenvalue weighted by Crippen LogP contribution is -2.29. The standard InChI is InChI=1S/C10H20O2S/c1-6-8-9(7-2)13(11,12)10(3,4)5/h7H,6,8H2,1-5H3/b9-7+. The Morgan fingerprint density at radius 3 is 2.00 bits per heavy atom. The smallest absolute Gasteiger partial charge is 0.179 e. The molecule has 0 atom stereocenters. The fraction of sp³-hybridized carbons (Fsp3) is 0.800. The van der Waals surface area contributed by atoms with Crippen LogP contribution < -0.4 is 0 Å². The third-order valence-corrected chi connectivity index (χ3v) is 4.71. The van der Waals surface area contributed by atoms with Gasteiger partial charge in [-0.15, -0.1) is 0 Å². The number of hydrogen-bond donors (Lipinski definition) is 0. The van der Waals surface area contributed by atoms with Gasteiger partial charge in [-0.3, -0.25) is 0 Å². The van der Waals surface area contributed by atoms with Crippen LogP contribution in [0.5, 0.6) is 0 Å². The summed E-state index contributed by atoms with van der Waals surface area (Å²) in [4.78, 5) is 0.572. The molecule has 0 aromatic rings. The molecule has 0 bridgehead atoms. The Balaban J connectivity index is 5.05. The largest absolute Gasteiger partial charge is 0.223 e. The topological polar surface area (TPSA) is 34.1 Å². The van der Waals surface area contributed by atoms with E-state index in [0.29, 0.717) is 11.3 Å². The zero-order valence-electron chi connectivity index (χ0n) is 9.22.